The molecule has 0 amide bonds. The quantitative estimate of drug-likeness (QED) is 0.329. The van der Waals surface area contributed by atoms with Crippen molar-refractivity contribution in [1.82, 2.24) is 5.32 Å². The van der Waals surface area contributed by atoms with Gasteiger partial charge in [0.25, 0.3) is 0 Å². The van der Waals surface area contributed by atoms with Crippen LogP contribution in [0.4, 0.5) is 0 Å². The van der Waals surface area contributed by atoms with E-state index in [4.69, 9.17) is 5.11 Å². The minimum atomic E-state index is -1.00. The number of carbonyl (C=O) groups excluding carboxylic acids is 1. The monoisotopic (exact) mass is 173 g/mol. The summed E-state index contributed by atoms with van der Waals surface area (Å²) in [7, 11) is 1.29. The molecule has 0 saturated heterocycles. The molecule has 0 aliphatic rings. The first kappa shape index (κ1) is 10.6. The van der Waals surface area contributed by atoms with Gasteiger partial charge in [0.15, 0.2) is 0 Å². The third-order valence-electron chi connectivity index (χ3n) is 1.02. The molecule has 5 heteroatoms. The van der Waals surface area contributed by atoms with Crippen LogP contribution in [0, 0.1) is 0 Å². The molecule has 0 spiro atoms. The van der Waals surface area contributed by atoms with Crippen molar-refractivity contribution in [2.45, 2.75) is 0 Å². The fourth-order valence-electron chi connectivity index (χ4n) is 0.489. The number of ether oxygens (including phenoxy) is 1. The molecule has 0 bridgehead atoms. The van der Waals surface area contributed by atoms with Crippen molar-refractivity contribution in [3.05, 3.63) is 12.2 Å². The molecule has 0 radical (unpaired) electrons. The molecule has 0 aromatic heterocycles. The Hall–Kier alpha value is -1.36. The summed E-state index contributed by atoms with van der Waals surface area (Å²) < 4.78 is 4.34. The van der Waals surface area contributed by atoms with E-state index in [-0.39, 0.29) is 12.5 Å². The highest BCUT2D eigenvalue weighted by Gasteiger charge is 1.95. The average Bonchev–Trinajstić information content (AvgIpc) is 2.03. The van der Waals surface area contributed by atoms with Crippen molar-refractivity contribution in [2.75, 3.05) is 20.2 Å². The highest BCUT2D eigenvalue weighted by molar-refractivity contribution is 5.79. The van der Waals surface area contributed by atoms with Gasteiger partial charge in [-0.25, -0.2) is 4.79 Å². The Bertz CT molecular complexity index is 188. The lowest BCUT2D eigenvalue weighted by Gasteiger charge is -1.97. The van der Waals surface area contributed by atoms with Crippen LogP contribution in [0.15, 0.2) is 12.2 Å². The summed E-state index contributed by atoms with van der Waals surface area (Å²) in [5, 5.41) is 10.8. The Balaban J connectivity index is 3.33. The second-order valence-corrected chi connectivity index (χ2v) is 1.95. The van der Waals surface area contributed by atoms with E-state index in [9.17, 15) is 9.59 Å². The number of rotatable bonds is 5. The molecule has 0 unspecified atom stereocenters. The summed E-state index contributed by atoms with van der Waals surface area (Å²) in [4.78, 5) is 20.4. The molecule has 0 aromatic rings. The fourth-order valence-corrected chi connectivity index (χ4v) is 0.489. The molecule has 0 saturated carbocycles. The van der Waals surface area contributed by atoms with Crippen molar-refractivity contribution in [2.24, 2.45) is 0 Å². The second kappa shape index (κ2) is 6.36. The van der Waals surface area contributed by atoms with Gasteiger partial charge in [-0.3, -0.25) is 4.79 Å². The zero-order valence-electron chi connectivity index (χ0n) is 6.74. The molecule has 5 nitrogen and oxygen atoms in total. The molecule has 12 heavy (non-hydrogen) atoms. The number of esters is 1. The first-order chi connectivity index (χ1) is 5.66. The van der Waals surface area contributed by atoms with Crippen LogP contribution >= 0.6 is 0 Å². The van der Waals surface area contributed by atoms with Crippen molar-refractivity contribution in [1.29, 1.82) is 0 Å². The molecule has 0 rings (SSSR count). The Morgan fingerprint density at radius 1 is 1.58 bits per heavy atom. The first-order valence-electron chi connectivity index (χ1n) is 3.34. The summed E-state index contributed by atoms with van der Waals surface area (Å²) in [6, 6.07) is 0. The lowest BCUT2D eigenvalue weighted by atomic mass is 10.5. The number of carbonyl (C=O) groups is 2. The van der Waals surface area contributed by atoms with Gasteiger partial charge in [-0.15, -0.1) is 0 Å². The van der Waals surface area contributed by atoms with E-state index in [1.54, 1.807) is 0 Å². The maximum absolute atomic E-state index is 10.5. The number of carboxylic acids is 1. The molecule has 0 fully saturated rings. The molecule has 68 valence electrons. The Morgan fingerprint density at radius 3 is 2.75 bits per heavy atom. The van der Waals surface area contributed by atoms with E-state index in [1.165, 1.54) is 13.2 Å². The largest absolute Gasteiger partial charge is 0.478 e. The maximum atomic E-state index is 10.5. The third-order valence-corrected chi connectivity index (χ3v) is 1.02. The normalized spacial score (nSPS) is 10.1. The van der Waals surface area contributed by atoms with Crippen molar-refractivity contribution in [3.8, 4) is 0 Å². The summed E-state index contributed by atoms with van der Waals surface area (Å²) >= 11 is 0. The van der Waals surface area contributed by atoms with Crippen LogP contribution in [0.2, 0.25) is 0 Å². The van der Waals surface area contributed by atoms with E-state index >= 15 is 0 Å². The predicted octanol–water partition coefficient (Wildman–Crippen LogP) is -0.610. The van der Waals surface area contributed by atoms with E-state index in [2.05, 4.69) is 10.1 Å². The number of aliphatic carboxylic acids is 1. The van der Waals surface area contributed by atoms with Gasteiger partial charge in [0.05, 0.1) is 13.7 Å². The van der Waals surface area contributed by atoms with Gasteiger partial charge < -0.3 is 15.2 Å². The van der Waals surface area contributed by atoms with Crippen LogP contribution in [0.1, 0.15) is 0 Å². The van der Waals surface area contributed by atoms with Crippen LogP contribution < -0.4 is 5.32 Å². The van der Waals surface area contributed by atoms with Crippen LogP contribution in [-0.2, 0) is 14.3 Å². The highest BCUT2D eigenvalue weighted by atomic mass is 16.5. The SMILES string of the molecule is COC(=O)CNC/C=C/C(=O)O. The zero-order valence-corrected chi connectivity index (χ0v) is 6.74. The predicted molar refractivity (Wildman–Crippen MR) is 41.7 cm³/mol. The molecule has 0 aromatic carbocycles. The number of methoxy groups -OCH3 is 1. The lowest BCUT2D eigenvalue weighted by Crippen LogP contribution is -2.23. The lowest BCUT2D eigenvalue weighted by molar-refractivity contribution is -0.139. The molecule has 0 heterocycles. The van der Waals surface area contributed by atoms with Crippen molar-refractivity contribution < 1.29 is 19.4 Å². The zero-order chi connectivity index (χ0) is 9.40. The van der Waals surface area contributed by atoms with Gasteiger partial charge in [-0.2, -0.15) is 0 Å². The molecule has 0 atom stereocenters. The number of nitrogens with one attached hydrogen (secondary N) is 1. The second-order valence-electron chi connectivity index (χ2n) is 1.95. The molecular weight excluding hydrogens is 162 g/mol. The Kier molecular flexibility index (Phi) is 5.64. The van der Waals surface area contributed by atoms with Crippen LogP contribution in [0.3, 0.4) is 0 Å². The first-order valence-corrected chi connectivity index (χ1v) is 3.34. The standard InChI is InChI=1S/C7H11NO4/c1-12-7(11)5-8-4-2-3-6(9)10/h2-3,8H,4-5H2,1H3,(H,9,10)/b3-2+. The van der Waals surface area contributed by atoms with Gasteiger partial charge in [0, 0.05) is 12.6 Å². The van der Waals surface area contributed by atoms with Gasteiger partial charge in [-0.1, -0.05) is 6.08 Å². The smallest absolute Gasteiger partial charge is 0.328 e. The topological polar surface area (TPSA) is 75.6 Å². The van der Waals surface area contributed by atoms with Crippen molar-refractivity contribution in [3.63, 3.8) is 0 Å². The minimum Gasteiger partial charge on any atom is -0.478 e. The molecule has 0 aliphatic heterocycles. The third kappa shape index (κ3) is 6.76. The van der Waals surface area contributed by atoms with Gasteiger partial charge in [-0.05, 0) is 0 Å². The molecule has 2 N–H and O–H groups in total. The Morgan fingerprint density at radius 2 is 2.25 bits per heavy atom. The highest BCUT2D eigenvalue weighted by Crippen LogP contribution is 1.72. The van der Waals surface area contributed by atoms with Crippen molar-refractivity contribution >= 4 is 11.9 Å². The summed E-state index contributed by atoms with van der Waals surface area (Å²) in [5.41, 5.74) is 0. The minimum absolute atomic E-state index is 0.0838. The summed E-state index contributed by atoms with van der Waals surface area (Å²) in [5.74, 6) is -1.38. The Labute approximate surface area is 70.0 Å². The maximum Gasteiger partial charge on any atom is 0.328 e. The van der Waals surface area contributed by atoms with E-state index in [0.29, 0.717) is 6.54 Å². The molecular formula is C7H11NO4. The van der Waals surface area contributed by atoms with Gasteiger partial charge in [0.2, 0.25) is 0 Å². The number of hydrogen-bond acceptors (Lipinski definition) is 4. The fraction of sp³-hybridized carbons (Fsp3) is 0.429. The van der Waals surface area contributed by atoms with Crippen LogP contribution in [-0.4, -0.2) is 37.2 Å². The van der Waals surface area contributed by atoms with Crippen LogP contribution in [0.25, 0.3) is 0 Å². The van der Waals surface area contributed by atoms with E-state index in [0.717, 1.165) is 6.08 Å². The van der Waals surface area contributed by atoms with Gasteiger partial charge in [0.1, 0.15) is 0 Å². The van der Waals surface area contributed by atoms with Gasteiger partial charge >= 0.3 is 11.9 Å². The number of hydrogen-bond donors (Lipinski definition) is 2. The molecule has 0 aliphatic carbocycles. The summed E-state index contributed by atoms with van der Waals surface area (Å²) in [6.45, 7) is 0.419. The summed E-state index contributed by atoms with van der Waals surface area (Å²) in [6.07, 6.45) is 2.41. The number of carboxylic acid groups (broad SMARTS) is 1. The average molecular weight is 173 g/mol. The van der Waals surface area contributed by atoms with E-state index < -0.39 is 5.97 Å². The van der Waals surface area contributed by atoms with E-state index in [1.807, 2.05) is 0 Å². The van der Waals surface area contributed by atoms with Crippen LogP contribution in [0.5, 0.6) is 0 Å².